The lowest BCUT2D eigenvalue weighted by Crippen LogP contribution is -2.24. The van der Waals surface area contributed by atoms with Crippen LogP contribution in [0, 0.1) is 0 Å². The van der Waals surface area contributed by atoms with Crippen LogP contribution in [0.2, 0.25) is 5.02 Å². The molecule has 0 aliphatic heterocycles. The van der Waals surface area contributed by atoms with E-state index in [1.807, 2.05) is 0 Å². The maximum Gasteiger partial charge on any atom is 0.358 e. The van der Waals surface area contributed by atoms with E-state index in [1.165, 1.54) is 25.2 Å². The summed E-state index contributed by atoms with van der Waals surface area (Å²) in [7, 11) is 1.40. The lowest BCUT2D eigenvalue weighted by molar-refractivity contribution is 0.0510. The molecule has 0 fully saturated rings. The number of carbonyl (C=O) groups is 1. The number of benzene rings is 1. The van der Waals surface area contributed by atoms with Crippen LogP contribution in [-0.2, 0) is 11.8 Å². The summed E-state index contributed by atoms with van der Waals surface area (Å²) in [5.41, 5.74) is -0.583. The molecule has 0 spiro atoms. The number of carbonyl (C=O) groups excluding carboxylic acids is 1. The molecule has 5 nitrogen and oxygen atoms in total. The van der Waals surface area contributed by atoms with Gasteiger partial charge < -0.3 is 14.4 Å². The largest absolute Gasteiger partial charge is 0.505 e. The zero-order valence-corrected chi connectivity index (χ0v) is 11.2. The number of hydrogen-bond donors (Lipinski definition) is 1. The van der Waals surface area contributed by atoms with Crippen molar-refractivity contribution < 1.29 is 14.6 Å². The SMILES string of the molecule is CCOC(=O)c1c(O)c2ccc(Cl)cc2c(=O)n1C. The molecule has 0 saturated heterocycles. The van der Waals surface area contributed by atoms with E-state index < -0.39 is 11.5 Å². The van der Waals surface area contributed by atoms with Gasteiger partial charge in [-0.3, -0.25) is 4.79 Å². The predicted octanol–water partition coefficient (Wildman–Crippen LogP) is 2.07. The van der Waals surface area contributed by atoms with E-state index in [2.05, 4.69) is 0 Å². The quantitative estimate of drug-likeness (QED) is 0.856. The third kappa shape index (κ3) is 2.17. The summed E-state index contributed by atoms with van der Waals surface area (Å²) >= 11 is 5.83. The van der Waals surface area contributed by atoms with Crippen LogP contribution in [0.25, 0.3) is 10.8 Å². The second kappa shape index (κ2) is 4.93. The fourth-order valence-electron chi connectivity index (χ4n) is 1.90. The Morgan fingerprint density at radius 3 is 2.74 bits per heavy atom. The number of esters is 1. The van der Waals surface area contributed by atoms with Crippen molar-refractivity contribution >= 4 is 28.3 Å². The van der Waals surface area contributed by atoms with Crippen molar-refractivity contribution in [3.8, 4) is 5.75 Å². The van der Waals surface area contributed by atoms with Crippen LogP contribution in [0.4, 0.5) is 0 Å². The van der Waals surface area contributed by atoms with Crippen LogP contribution >= 0.6 is 11.6 Å². The summed E-state index contributed by atoms with van der Waals surface area (Å²) in [5, 5.41) is 11.0. The lowest BCUT2D eigenvalue weighted by Gasteiger charge is -2.12. The Hall–Kier alpha value is -2.01. The van der Waals surface area contributed by atoms with Gasteiger partial charge in [-0.1, -0.05) is 11.6 Å². The molecule has 0 radical (unpaired) electrons. The zero-order chi connectivity index (χ0) is 14.2. The average molecular weight is 282 g/mol. The second-order valence-electron chi connectivity index (χ2n) is 3.97. The van der Waals surface area contributed by atoms with Crippen LogP contribution in [0.15, 0.2) is 23.0 Å². The molecule has 0 atom stereocenters. The first-order valence-electron chi connectivity index (χ1n) is 5.65. The van der Waals surface area contributed by atoms with E-state index in [0.717, 1.165) is 4.57 Å². The number of aromatic hydroxyl groups is 1. The van der Waals surface area contributed by atoms with E-state index in [4.69, 9.17) is 16.3 Å². The Labute approximate surface area is 114 Å². The fraction of sp³-hybridized carbons (Fsp3) is 0.231. The Balaban J connectivity index is 2.85. The number of aromatic nitrogens is 1. The van der Waals surface area contributed by atoms with Gasteiger partial charge in [0.1, 0.15) is 0 Å². The van der Waals surface area contributed by atoms with Crippen molar-refractivity contribution in [1.82, 2.24) is 4.57 Å². The van der Waals surface area contributed by atoms with Gasteiger partial charge in [-0.05, 0) is 25.1 Å². The third-order valence-electron chi connectivity index (χ3n) is 2.80. The highest BCUT2D eigenvalue weighted by Gasteiger charge is 2.21. The van der Waals surface area contributed by atoms with Gasteiger partial charge in [0.15, 0.2) is 11.4 Å². The fourth-order valence-corrected chi connectivity index (χ4v) is 2.07. The van der Waals surface area contributed by atoms with Gasteiger partial charge in [0, 0.05) is 17.5 Å². The van der Waals surface area contributed by atoms with E-state index in [-0.39, 0.29) is 28.8 Å². The maximum absolute atomic E-state index is 12.1. The van der Waals surface area contributed by atoms with Gasteiger partial charge >= 0.3 is 5.97 Å². The van der Waals surface area contributed by atoms with Crippen LogP contribution < -0.4 is 5.56 Å². The first-order valence-corrected chi connectivity index (χ1v) is 6.03. The van der Waals surface area contributed by atoms with Crippen LogP contribution in [0.1, 0.15) is 17.4 Å². The molecule has 0 saturated carbocycles. The third-order valence-corrected chi connectivity index (χ3v) is 3.04. The van der Waals surface area contributed by atoms with Crippen molar-refractivity contribution in [1.29, 1.82) is 0 Å². The Bertz CT molecular complexity index is 721. The molecule has 2 rings (SSSR count). The lowest BCUT2D eigenvalue weighted by atomic mass is 10.1. The molecule has 0 aliphatic rings. The zero-order valence-electron chi connectivity index (χ0n) is 10.4. The number of fused-ring (bicyclic) bond motifs is 1. The Kier molecular flexibility index (Phi) is 3.48. The predicted molar refractivity (Wildman–Crippen MR) is 71.8 cm³/mol. The first-order chi connectivity index (χ1) is 8.97. The average Bonchev–Trinajstić information content (AvgIpc) is 2.36. The normalized spacial score (nSPS) is 10.7. The van der Waals surface area contributed by atoms with E-state index in [9.17, 15) is 14.7 Å². The number of hydrogen-bond acceptors (Lipinski definition) is 4. The van der Waals surface area contributed by atoms with Gasteiger partial charge in [0.2, 0.25) is 0 Å². The van der Waals surface area contributed by atoms with Crippen LogP contribution in [-0.4, -0.2) is 22.2 Å². The molecule has 0 amide bonds. The summed E-state index contributed by atoms with van der Waals surface area (Å²) in [4.78, 5) is 23.9. The summed E-state index contributed by atoms with van der Waals surface area (Å²) in [6, 6.07) is 4.49. The number of nitrogens with zero attached hydrogens (tertiary/aromatic N) is 1. The van der Waals surface area contributed by atoms with Crippen LogP contribution in [0.5, 0.6) is 5.75 Å². The van der Waals surface area contributed by atoms with Gasteiger partial charge in [-0.2, -0.15) is 0 Å². The standard InChI is InChI=1S/C13H12ClNO4/c1-3-19-13(18)10-11(16)8-5-4-7(14)6-9(8)12(17)15(10)2/h4-6,16H,3H2,1-2H3. The molecule has 1 N–H and O–H groups in total. The molecular formula is C13H12ClNO4. The minimum absolute atomic E-state index is 0.158. The molecule has 0 unspecified atom stereocenters. The highest BCUT2D eigenvalue weighted by atomic mass is 35.5. The Morgan fingerprint density at radius 1 is 1.42 bits per heavy atom. The molecule has 6 heteroatoms. The summed E-state index contributed by atoms with van der Waals surface area (Å²) < 4.78 is 5.89. The van der Waals surface area contributed by atoms with Crippen molar-refractivity contribution in [2.24, 2.45) is 7.05 Å². The molecule has 1 aromatic carbocycles. The van der Waals surface area contributed by atoms with Gasteiger partial charge in [0.05, 0.1) is 12.0 Å². The molecular weight excluding hydrogens is 270 g/mol. The summed E-state index contributed by atoms with van der Waals surface area (Å²) in [6.07, 6.45) is 0. The maximum atomic E-state index is 12.1. The van der Waals surface area contributed by atoms with E-state index >= 15 is 0 Å². The minimum atomic E-state index is -0.739. The van der Waals surface area contributed by atoms with E-state index in [0.29, 0.717) is 5.02 Å². The van der Waals surface area contributed by atoms with Gasteiger partial charge in [0.25, 0.3) is 5.56 Å². The van der Waals surface area contributed by atoms with E-state index in [1.54, 1.807) is 6.92 Å². The smallest absolute Gasteiger partial charge is 0.358 e. The highest BCUT2D eigenvalue weighted by molar-refractivity contribution is 6.31. The molecule has 1 heterocycles. The summed E-state index contributed by atoms with van der Waals surface area (Å²) in [6.45, 7) is 1.80. The number of ether oxygens (including phenoxy) is 1. The molecule has 19 heavy (non-hydrogen) atoms. The second-order valence-corrected chi connectivity index (χ2v) is 4.41. The van der Waals surface area contributed by atoms with Crippen molar-refractivity contribution in [2.75, 3.05) is 6.61 Å². The first kappa shape index (κ1) is 13.4. The Morgan fingerprint density at radius 2 is 2.11 bits per heavy atom. The van der Waals surface area contributed by atoms with Crippen molar-refractivity contribution in [3.63, 3.8) is 0 Å². The molecule has 0 aliphatic carbocycles. The number of rotatable bonds is 2. The topological polar surface area (TPSA) is 68.5 Å². The molecule has 100 valence electrons. The van der Waals surface area contributed by atoms with Gasteiger partial charge in [-0.15, -0.1) is 0 Å². The van der Waals surface area contributed by atoms with Gasteiger partial charge in [-0.25, -0.2) is 4.79 Å². The number of pyridine rings is 1. The number of halogens is 1. The molecule has 2 aromatic rings. The highest BCUT2D eigenvalue weighted by Crippen LogP contribution is 2.28. The monoisotopic (exact) mass is 281 g/mol. The van der Waals surface area contributed by atoms with Crippen molar-refractivity contribution in [3.05, 3.63) is 39.3 Å². The molecule has 0 bridgehead atoms. The minimum Gasteiger partial charge on any atom is -0.505 e. The van der Waals surface area contributed by atoms with Crippen molar-refractivity contribution in [2.45, 2.75) is 6.92 Å². The molecule has 1 aromatic heterocycles. The van der Waals surface area contributed by atoms with Crippen LogP contribution in [0.3, 0.4) is 0 Å². The summed E-state index contributed by atoms with van der Waals surface area (Å²) in [5.74, 6) is -1.02.